The fourth-order valence-electron chi connectivity index (χ4n) is 2.82. The standard InChI is InChI=1S/C12H27N.C11H12O5/c1-4-7-10-13(11-8-5-2)12-9-6-3;1-15-8-5-7(3-4-10(12)13)6-9(16-2)11(8)14/h4-12H2,1-3H3;3-6,14H,1-2H3,(H,12,13)/b;4-3+. The molecule has 29 heavy (non-hydrogen) atoms. The van der Waals surface area contributed by atoms with Gasteiger partial charge < -0.3 is 24.6 Å². The largest absolute Gasteiger partial charge is 0.867 e. The number of quaternary nitrogens is 1. The molecule has 1 aromatic rings. The Balaban J connectivity index is 0.000000555. The molecule has 0 aliphatic heterocycles. The minimum Gasteiger partial charge on any atom is -0.867 e. The topological polar surface area (TPSA) is 83.3 Å². The molecular weight excluding hydrogens is 370 g/mol. The molecule has 0 unspecified atom stereocenters. The van der Waals surface area contributed by atoms with Gasteiger partial charge in [-0.3, -0.25) is 0 Å². The minimum atomic E-state index is -1.07. The SMILES string of the molecule is CCCC[NH+](CCCC)CCCC.COc1cc(/C=C/C(=O)O)cc(OC)c1[O-]. The Kier molecular flexibility index (Phi) is 15.4. The highest BCUT2D eigenvalue weighted by molar-refractivity contribution is 5.85. The van der Waals surface area contributed by atoms with E-state index in [0.29, 0.717) is 5.56 Å². The van der Waals surface area contributed by atoms with Gasteiger partial charge in [-0.25, -0.2) is 4.79 Å². The van der Waals surface area contributed by atoms with Gasteiger partial charge in [0.2, 0.25) is 0 Å². The van der Waals surface area contributed by atoms with Gasteiger partial charge in [0.05, 0.1) is 33.9 Å². The maximum absolute atomic E-state index is 11.5. The number of carboxylic acid groups (broad SMARTS) is 1. The molecule has 0 aromatic heterocycles. The molecule has 0 atom stereocenters. The number of hydrogen-bond acceptors (Lipinski definition) is 4. The third-order valence-electron chi connectivity index (χ3n) is 4.55. The van der Waals surface area contributed by atoms with Crippen molar-refractivity contribution < 1.29 is 29.4 Å². The van der Waals surface area contributed by atoms with Crippen LogP contribution in [0.4, 0.5) is 0 Å². The number of ether oxygens (including phenoxy) is 2. The third kappa shape index (κ3) is 12.1. The number of aliphatic carboxylic acids is 1. The van der Waals surface area contributed by atoms with Crippen molar-refractivity contribution in [2.45, 2.75) is 59.3 Å². The van der Waals surface area contributed by atoms with Crippen LogP contribution in [0.5, 0.6) is 17.2 Å². The van der Waals surface area contributed by atoms with Crippen LogP contribution in [0.25, 0.3) is 6.08 Å². The quantitative estimate of drug-likeness (QED) is 0.489. The Morgan fingerprint density at radius 1 is 0.966 bits per heavy atom. The predicted molar refractivity (Wildman–Crippen MR) is 116 cm³/mol. The van der Waals surface area contributed by atoms with Crippen molar-refractivity contribution in [1.82, 2.24) is 0 Å². The summed E-state index contributed by atoms with van der Waals surface area (Å²) in [6.07, 6.45) is 10.6. The van der Waals surface area contributed by atoms with E-state index in [1.165, 1.54) is 90.6 Å². The lowest BCUT2D eigenvalue weighted by molar-refractivity contribution is -0.900. The lowest BCUT2D eigenvalue weighted by Gasteiger charge is -2.18. The highest BCUT2D eigenvalue weighted by atomic mass is 16.5. The summed E-state index contributed by atoms with van der Waals surface area (Å²) in [4.78, 5) is 12.2. The van der Waals surface area contributed by atoms with Gasteiger partial charge in [0.1, 0.15) is 11.5 Å². The second-order valence-corrected chi connectivity index (χ2v) is 6.99. The fourth-order valence-corrected chi connectivity index (χ4v) is 2.82. The van der Waals surface area contributed by atoms with E-state index in [1.54, 1.807) is 0 Å². The normalized spacial score (nSPS) is 10.7. The molecule has 0 aliphatic rings. The molecule has 0 heterocycles. The van der Waals surface area contributed by atoms with Gasteiger partial charge in [-0.15, -0.1) is 0 Å². The van der Waals surface area contributed by atoms with Crippen LogP contribution >= 0.6 is 0 Å². The Morgan fingerprint density at radius 3 is 1.69 bits per heavy atom. The van der Waals surface area contributed by atoms with Crippen LogP contribution in [0.3, 0.4) is 0 Å². The van der Waals surface area contributed by atoms with E-state index >= 15 is 0 Å². The molecule has 166 valence electrons. The summed E-state index contributed by atoms with van der Waals surface area (Å²) in [5, 5.41) is 20.0. The summed E-state index contributed by atoms with van der Waals surface area (Å²) in [7, 11) is 2.72. The van der Waals surface area contributed by atoms with Crippen LogP contribution < -0.4 is 19.5 Å². The summed E-state index contributed by atoms with van der Waals surface area (Å²) in [5.41, 5.74) is 0.524. The van der Waals surface area contributed by atoms with Gasteiger partial charge in [-0.05, 0) is 48.8 Å². The third-order valence-corrected chi connectivity index (χ3v) is 4.55. The van der Waals surface area contributed by atoms with Crippen molar-refractivity contribution in [2.75, 3.05) is 33.9 Å². The van der Waals surface area contributed by atoms with Crippen molar-refractivity contribution in [3.8, 4) is 17.2 Å². The summed E-state index contributed by atoms with van der Waals surface area (Å²) in [6.45, 7) is 11.1. The van der Waals surface area contributed by atoms with Crippen LogP contribution in [0, 0.1) is 0 Å². The molecule has 0 saturated carbocycles. The fraction of sp³-hybridized carbons (Fsp3) is 0.609. The average molecular weight is 410 g/mol. The molecular formula is C23H39NO5. The van der Waals surface area contributed by atoms with E-state index in [9.17, 15) is 9.90 Å². The Labute approximate surface area is 176 Å². The molecule has 6 heteroatoms. The van der Waals surface area contributed by atoms with Crippen LogP contribution in [0.1, 0.15) is 64.9 Å². The average Bonchev–Trinajstić information content (AvgIpc) is 2.72. The molecule has 1 aromatic carbocycles. The van der Waals surface area contributed by atoms with Gasteiger partial charge in [-0.2, -0.15) is 0 Å². The van der Waals surface area contributed by atoms with Crippen molar-refractivity contribution in [3.05, 3.63) is 23.8 Å². The van der Waals surface area contributed by atoms with Crippen molar-refractivity contribution in [2.24, 2.45) is 0 Å². The Hall–Kier alpha value is -2.21. The van der Waals surface area contributed by atoms with E-state index in [0.717, 1.165) is 6.08 Å². The van der Waals surface area contributed by atoms with Crippen LogP contribution in [0.2, 0.25) is 0 Å². The summed E-state index contributed by atoms with van der Waals surface area (Å²) >= 11 is 0. The van der Waals surface area contributed by atoms with Crippen molar-refractivity contribution in [1.29, 1.82) is 0 Å². The Morgan fingerprint density at radius 2 is 1.38 bits per heavy atom. The van der Waals surface area contributed by atoms with Crippen LogP contribution in [0.15, 0.2) is 18.2 Å². The first-order valence-corrected chi connectivity index (χ1v) is 10.6. The monoisotopic (exact) mass is 409 g/mol. The van der Waals surface area contributed by atoms with Gasteiger partial charge >= 0.3 is 5.97 Å². The number of methoxy groups -OCH3 is 2. The highest BCUT2D eigenvalue weighted by Crippen LogP contribution is 2.34. The van der Waals surface area contributed by atoms with E-state index in [-0.39, 0.29) is 17.2 Å². The maximum atomic E-state index is 11.5. The van der Waals surface area contributed by atoms with E-state index in [2.05, 4.69) is 20.8 Å². The number of nitrogens with one attached hydrogen (secondary N) is 1. The molecule has 0 radical (unpaired) electrons. The minimum absolute atomic E-state index is 0.115. The van der Waals surface area contributed by atoms with Crippen molar-refractivity contribution >= 4 is 12.0 Å². The molecule has 0 spiro atoms. The maximum Gasteiger partial charge on any atom is 0.328 e. The van der Waals surface area contributed by atoms with Crippen LogP contribution in [-0.2, 0) is 4.79 Å². The molecule has 0 bridgehead atoms. The van der Waals surface area contributed by atoms with Crippen molar-refractivity contribution in [3.63, 3.8) is 0 Å². The van der Waals surface area contributed by atoms with E-state index in [1.807, 2.05) is 4.90 Å². The van der Waals surface area contributed by atoms with Gasteiger partial charge in [-0.1, -0.05) is 40.0 Å². The summed E-state index contributed by atoms with van der Waals surface area (Å²) < 4.78 is 9.72. The molecule has 0 saturated heterocycles. The lowest BCUT2D eigenvalue weighted by Crippen LogP contribution is -3.12. The van der Waals surface area contributed by atoms with Gasteiger partial charge in [0, 0.05) is 6.08 Å². The number of carbonyl (C=O) groups is 1. The molecule has 1 rings (SSSR count). The number of unbranched alkanes of at least 4 members (excludes halogenated alkanes) is 3. The predicted octanol–water partition coefficient (Wildman–Crippen LogP) is 3.15. The number of rotatable bonds is 13. The first-order chi connectivity index (χ1) is 13.9. The zero-order valence-electron chi connectivity index (χ0n) is 18.8. The van der Waals surface area contributed by atoms with Gasteiger partial charge in [0.15, 0.2) is 0 Å². The number of carboxylic acids is 1. The number of benzene rings is 1. The molecule has 0 amide bonds. The lowest BCUT2D eigenvalue weighted by atomic mass is 10.1. The molecule has 6 nitrogen and oxygen atoms in total. The Bertz CT molecular complexity index is 557. The first-order valence-electron chi connectivity index (χ1n) is 10.6. The summed E-state index contributed by atoms with van der Waals surface area (Å²) in [6, 6.07) is 2.90. The molecule has 2 N–H and O–H groups in total. The van der Waals surface area contributed by atoms with E-state index < -0.39 is 5.97 Å². The van der Waals surface area contributed by atoms with E-state index in [4.69, 9.17) is 14.6 Å². The zero-order chi connectivity index (χ0) is 22.1. The smallest absolute Gasteiger partial charge is 0.328 e. The molecule has 0 fully saturated rings. The first kappa shape index (κ1) is 26.8. The zero-order valence-corrected chi connectivity index (χ0v) is 18.8. The number of hydrogen-bond donors (Lipinski definition) is 2. The highest BCUT2D eigenvalue weighted by Gasteiger charge is 2.05. The second-order valence-electron chi connectivity index (χ2n) is 6.99. The summed E-state index contributed by atoms with van der Waals surface area (Å²) in [5.74, 6) is -1.20. The van der Waals surface area contributed by atoms with Crippen LogP contribution in [-0.4, -0.2) is 44.9 Å². The second kappa shape index (κ2) is 16.7. The van der Waals surface area contributed by atoms with Gasteiger partial charge in [0.25, 0.3) is 0 Å². The molecule has 0 aliphatic carbocycles.